The van der Waals surface area contributed by atoms with Gasteiger partial charge in [-0.1, -0.05) is 17.3 Å². The van der Waals surface area contributed by atoms with Crippen LogP contribution in [-0.2, 0) is 4.84 Å². The van der Waals surface area contributed by atoms with Gasteiger partial charge in [0.1, 0.15) is 7.11 Å². The zero-order chi connectivity index (χ0) is 6.95. The zero-order valence-corrected chi connectivity index (χ0v) is 6.00. The average Bonchev–Trinajstić information content (AvgIpc) is 1.89. The maximum atomic E-state index is 4.47. The van der Waals surface area contributed by atoms with Gasteiger partial charge in [-0.2, -0.15) is 0 Å². The molecule has 0 aliphatic carbocycles. The van der Waals surface area contributed by atoms with Crippen molar-refractivity contribution in [3.63, 3.8) is 0 Å². The van der Waals surface area contributed by atoms with Crippen molar-refractivity contribution in [2.75, 3.05) is 7.11 Å². The molecule has 0 N–H and O–H groups in total. The van der Waals surface area contributed by atoms with E-state index in [1.165, 1.54) is 0 Å². The average molecular weight is 127 g/mol. The Kier molecular flexibility index (Phi) is 6.58. The Labute approximate surface area is 56.2 Å². The van der Waals surface area contributed by atoms with Crippen LogP contribution in [0.25, 0.3) is 0 Å². The van der Waals surface area contributed by atoms with Gasteiger partial charge < -0.3 is 4.84 Å². The first-order valence-corrected chi connectivity index (χ1v) is 3.08. The first-order chi connectivity index (χ1) is 4.41. The molecule has 0 amide bonds. The molecule has 0 atom stereocenters. The van der Waals surface area contributed by atoms with Crippen LogP contribution in [0.4, 0.5) is 0 Å². The second kappa shape index (κ2) is 7.21. The molecule has 0 radical (unpaired) electrons. The van der Waals surface area contributed by atoms with Gasteiger partial charge in [-0.25, -0.2) is 0 Å². The van der Waals surface area contributed by atoms with Crippen LogP contribution in [0, 0.1) is 0 Å². The van der Waals surface area contributed by atoms with Crippen LogP contribution in [0.1, 0.15) is 19.8 Å². The minimum Gasteiger partial charge on any atom is -0.399 e. The minimum atomic E-state index is 0.957. The van der Waals surface area contributed by atoms with Crippen LogP contribution >= 0.6 is 0 Å². The van der Waals surface area contributed by atoms with Crippen molar-refractivity contribution in [3.05, 3.63) is 12.2 Å². The molecule has 0 fully saturated rings. The molecule has 0 unspecified atom stereocenters. The Bertz CT molecular complexity index is 97.1. The Morgan fingerprint density at radius 1 is 1.44 bits per heavy atom. The van der Waals surface area contributed by atoms with Crippen LogP contribution in [0.3, 0.4) is 0 Å². The second-order valence-electron chi connectivity index (χ2n) is 1.62. The third kappa shape index (κ3) is 7.21. The van der Waals surface area contributed by atoms with E-state index >= 15 is 0 Å². The van der Waals surface area contributed by atoms with Gasteiger partial charge in [-0.3, -0.25) is 0 Å². The van der Waals surface area contributed by atoms with Gasteiger partial charge in [0, 0.05) is 6.21 Å². The summed E-state index contributed by atoms with van der Waals surface area (Å²) in [7, 11) is 1.55. The first-order valence-electron chi connectivity index (χ1n) is 3.08. The molecule has 0 saturated heterocycles. The lowest BCUT2D eigenvalue weighted by atomic mass is 10.3. The molecule has 0 spiro atoms. The van der Waals surface area contributed by atoms with Crippen molar-refractivity contribution in [2.45, 2.75) is 19.8 Å². The largest absolute Gasteiger partial charge is 0.399 e. The summed E-state index contributed by atoms with van der Waals surface area (Å²) in [6, 6.07) is 0. The monoisotopic (exact) mass is 127 g/mol. The molecule has 2 heteroatoms. The molecule has 0 rings (SSSR count). The van der Waals surface area contributed by atoms with E-state index in [4.69, 9.17) is 0 Å². The Hall–Kier alpha value is -0.790. The number of allylic oxidation sites excluding steroid dienone is 2. The topological polar surface area (TPSA) is 21.6 Å². The molecular weight excluding hydrogens is 114 g/mol. The predicted octanol–water partition coefficient (Wildman–Crippen LogP) is 1.97. The summed E-state index contributed by atoms with van der Waals surface area (Å²) in [5.74, 6) is 0. The molecular formula is C7H13NO. The van der Waals surface area contributed by atoms with Crippen LogP contribution in [0.15, 0.2) is 17.3 Å². The van der Waals surface area contributed by atoms with Gasteiger partial charge >= 0.3 is 0 Å². The highest BCUT2D eigenvalue weighted by Gasteiger charge is 1.73. The van der Waals surface area contributed by atoms with Gasteiger partial charge in [-0.05, 0) is 19.8 Å². The van der Waals surface area contributed by atoms with E-state index in [0.29, 0.717) is 0 Å². The van der Waals surface area contributed by atoms with Crippen LogP contribution < -0.4 is 0 Å². The minimum absolute atomic E-state index is 0.957. The SMILES string of the molecule is C/C=C/CC/C=N\OC. The third-order valence-electron chi connectivity index (χ3n) is 0.878. The Balaban J connectivity index is 2.99. The molecule has 0 aliphatic rings. The molecule has 0 aromatic carbocycles. The lowest BCUT2D eigenvalue weighted by Crippen LogP contribution is -1.74. The highest BCUT2D eigenvalue weighted by molar-refractivity contribution is 5.56. The molecule has 0 bridgehead atoms. The van der Waals surface area contributed by atoms with Gasteiger partial charge in [0.25, 0.3) is 0 Å². The number of hydrogen-bond donors (Lipinski definition) is 0. The number of hydrogen-bond acceptors (Lipinski definition) is 2. The van der Waals surface area contributed by atoms with E-state index in [1.54, 1.807) is 13.3 Å². The van der Waals surface area contributed by atoms with Gasteiger partial charge in [-0.15, -0.1) is 0 Å². The van der Waals surface area contributed by atoms with E-state index < -0.39 is 0 Å². The van der Waals surface area contributed by atoms with Crippen molar-refractivity contribution >= 4 is 6.21 Å². The first kappa shape index (κ1) is 8.21. The van der Waals surface area contributed by atoms with Gasteiger partial charge in [0.05, 0.1) is 0 Å². The normalized spacial score (nSPS) is 11.3. The quantitative estimate of drug-likeness (QED) is 0.245. The molecule has 0 heterocycles. The molecule has 2 nitrogen and oxygen atoms in total. The summed E-state index contributed by atoms with van der Waals surface area (Å²) in [4.78, 5) is 4.47. The predicted molar refractivity (Wildman–Crippen MR) is 39.5 cm³/mol. The fraction of sp³-hybridized carbons (Fsp3) is 0.571. The second-order valence-corrected chi connectivity index (χ2v) is 1.62. The van der Waals surface area contributed by atoms with Crippen LogP contribution in [-0.4, -0.2) is 13.3 Å². The Morgan fingerprint density at radius 2 is 2.22 bits per heavy atom. The van der Waals surface area contributed by atoms with E-state index in [-0.39, 0.29) is 0 Å². The molecule has 0 aromatic heterocycles. The van der Waals surface area contributed by atoms with E-state index in [0.717, 1.165) is 12.8 Å². The molecule has 0 aromatic rings. The van der Waals surface area contributed by atoms with E-state index in [2.05, 4.69) is 16.1 Å². The number of nitrogens with zero attached hydrogens (tertiary/aromatic N) is 1. The summed E-state index contributed by atoms with van der Waals surface area (Å²) in [5, 5.41) is 3.58. The van der Waals surface area contributed by atoms with Gasteiger partial charge in [0.2, 0.25) is 0 Å². The lowest BCUT2D eigenvalue weighted by Gasteiger charge is -1.84. The molecule has 52 valence electrons. The molecule has 0 saturated carbocycles. The zero-order valence-electron chi connectivity index (χ0n) is 6.00. The number of rotatable bonds is 4. The standard InChI is InChI=1S/C7H13NO/c1-3-4-5-6-7-8-9-2/h3-4,7H,5-6H2,1-2H3/b4-3+,8-7-. The Morgan fingerprint density at radius 3 is 2.78 bits per heavy atom. The van der Waals surface area contributed by atoms with Crippen molar-refractivity contribution in [1.82, 2.24) is 0 Å². The third-order valence-corrected chi connectivity index (χ3v) is 0.878. The summed E-state index contributed by atoms with van der Waals surface area (Å²) in [5.41, 5.74) is 0. The van der Waals surface area contributed by atoms with E-state index in [1.807, 2.05) is 13.0 Å². The van der Waals surface area contributed by atoms with Crippen LogP contribution in [0.5, 0.6) is 0 Å². The summed E-state index contributed by atoms with van der Waals surface area (Å²) >= 11 is 0. The highest BCUT2D eigenvalue weighted by atomic mass is 16.6. The van der Waals surface area contributed by atoms with Crippen molar-refractivity contribution in [2.24, 2.45) is 5.16 Å². The number of unbranched alkanes of at least 4 members (excludes halogenated alkanes) is 1. The molecule has 9 heavy (non-hydrogen) atoms. The number of oxime groups is 1. The van der Waals surface area contributed by atoms with Gasteiger partial charge in [0.15, 0.2) is 0 Å². The smallest absolute Gasteiger partial charge is 0.106 e. The molecule has 0 aliphatic heterocycles. The summed E-state index contributed by atoms with van der Waals surface area (Å²) in [6.07, 6.45) is 7.89. The maximum Gasteiger partial charge on any atom is 0.106 e. The van der Waals surface area contributed by atoms with E-state index in [9.17, 15) is 0 Å². The highest BCUT2D eigenvalue weighted by Crippen LogP contribution is 1.86. The summed E-state index contributed by atoms with van der Waals surface area (Å²) < 4.78 is 0. The van der Waals surface area contributed by atoms with Crippen LogP contribution in [0.2, 0.25) is 0 Å². The fourth-order valence-corrected chi connectivity index (χ4v) is 0.465. The lowest BCUT2D eigenvalue weighted by molar-refractivity contribution is 0.214. The maximum absolute atomic E-state index is 4.47. The fourth-order valence-electron chi connectivity index (χ4n) is 0.465. The summed E-state index contributed by atoms with van der Waals surface area (Å²) in [6.45, 7) is 2.01. The van der Waals surface area contributed by atoms with Crippen molar-refractivity contribution in [1.29, 1.82) is 0 Å². The van der Waals surface area contributed by atoms with Crippen molar-refractivity contribution in [3.8, 4) is 0 Å². The van der Waals surface area contributed by atoms with Crippen molar-refractivity contribution < 1.29 is 4.84 Å².